The van der Waals surface area contributed by atoms with Gasteiger partial charge in [0.15, 0.2) is 0 Å². The number of alkyl halides is 1. The lowest BCUT2D eigenvalue weighted by molar-refractivity contribution is -0.0390. The van der Waals surface area contributed by atoms with Crippen LogP contribution in [0, 0.1) is 17.8 Å². The number of rotatable bonds is 3. The largest absolute Gasteiger partial charge is 0.286 e. The van der Waals surface area contributed by atoms with E-state index >= 15 is 0 Å². The standard InChI is InChI=1S/C22H38BrN3/c1-26-21(17-8-4-2-5-9-17)24-20(16-12-14-19(23)15-13-16)25-22(26)18-10-6-3-7-11-18/h12,14,16-22,24-25H,2-11,13,15H2,1H3. The van der Waals surface area contributed by atoms with Crippen LogP contribution in [0.15, 0.2) is 12.2 Å². The third kappa shape index (κ3) is 4.39. The molecule has 0 radical (unpaired) electrons. The Morgan fingerprint density at radius 1 is 0.731 bits per heavy atom. The molecule has 4 aliphatic rings. The van der Waals surface area contributed by atoms with Gasteiger partial charge < -0.3 is 0 Å². The normalized spacial score (nSPS) is 41.4. The van der Waals surface area contributed by atoms with Crippen molar-refractivity contribution < 1.29 is 0 Å². The molecule has 4 atom stereocenters. The van der Waals surface area contributed by atoms with Crippen LogP contribution in [0.25, 0.3) is 0 Å². The van der Waals surface area contributed by atoms with Crippen molar-refractivity contribution in [2.24, 2.45) is 17.8 Å². The van der Waals surface area contributed by atoms with E-state index in [1.165, 1.54) is 77.0 Å². The summed E-state index contributed by atoms with van der Waals surface area (Å²) in [5.74, 6) is 2.30. The minimum Gasteiger partial charge on any atom is -0.286 e. The maximum absolute atomic E-state index is 4.07. The summed E-state index contributed by atoms with van der Waals surface area (Å²) in [5.41, 5.74) is 0. The number of nitrogens with zero attached hydrogens (tertiary/aromatic N) is 1. The first-order valence-electron chi connectivity index (χ1n) is 11.3. The van der Waals surface area contributed by atoms with Crippen LogP contribution in [-0.2, 0) is 0 Å². The Morgan fingerprint density at radius 2 is 1.27 bits per heavy atom. The lowest BCUT2D eigenvalue weighted by Crippen LogP contribution is -2.72. The minimum atomic E-state index is 0.446. The van der Waals surface area contributed by atoms with Gasteiger partial charge in [-0.15, -0.1) is 0 Å². The van der Waals surface area contributed by atoms with Crippen molar-refractivity contribution in [3.8, 4) is 0 Å². The highest BCUT2D eigenvalue weighted by Crippen LogP contribution is 2.36. The predicted molar refractivity (Wildman–Crippen MR) is 113 cm³/mol. The van der Waals surface area contributed by atoms with Gasteiger partial charge >= 0.3 is 0 Å². The first-order valence-corrected chi connectivity index (χ1v) is 12.2. The minimum absolute atomic E-state index is 0.446. The van der Waals surface area contributed by atoms with E-state index in [2.05, 4.69) is 50.7 Å². The zero-order chi connectivity index (χ0) is 17.9. The van der Waals surface area contributed by atoms with Crippen molar-refractivity contribution in [1.82, 2.24) is 15.5 Å². The maximum atomic E-state index is 4.07. The molecule has 3 nitrogen and oxygen atoms in total. The molecular formula is C22H38BrN3. The highest BCUT2D eigenvalue weighted by Gasteiger charge is 2.42. The third-order valence-corrected chi connectivity index (χ3v) is 8.31. The molecule has 3 aliphatic carbocycles. The van der Waals surface area contributed by atoms with Gasteiger partial charge in [-0.1, -0.05) is 66.6 Å². The van der Waals surface area contributed by atoms with Crippen molar-refractivity contribution >= 4 is 15.9 Å². The molecule has 3 fully saturated rings. The summed E-state index contributed by atoms with van der Waals surface area (Å²) in [7, 11) is 2.39. The summed E-state index contributed by atoms with van der Waals surface area (Å²) in [6.45, 7) is 0. The van der Waals surface area contributed by atoms with Gasteiger partial charge in [0.2, 0.25) is 0 Å². The molecule has 0 aromatic carbocycles. The van der Waals surface area contributed by atoms with E-state index in [0.717, 1.165) is 11.8 Å². The molecule has 0 aromatic rings. The topological polar surface area (TPSA) is 27.3 Å². The molecule has 0 bridgehead atoms. The van der Waals surface area contributed by atoms with Crippen molar-refractivity contribution in [2.75, 3.05) is 7.05 Å². The van der Waals surface area contributed by atoms with Crippen molar-refractivity contribution in [3.05, 3.63) is 12.2 Å². The van der Waals surface area contributed by atoms with E-state index in [1.54, 1.807) is 0 Å². The Kier molecular flexibility index (Phi) is 6.77. The summed E-state index contributed by atoms with van der Waals surface area (Å²) in [6.07, 6.45) is 23.2. The molecule has 26 heavy (non-hydrogen) atoms. The highest BCUT2D eigenvalue weighted by atomic mass is 79.9. The molecule has 0 spiro atoms. The fourth-order valence-electron chi connectivity index (χ4n) is 5.99. The summed E-state index contributed by atoms with van der Waals surface area (Å²) in [6, 6.07) is 0. The van der Waals surface area contributed by atoms with Crippen LogP contribution in [0.1, 0.15) is 77.0 Å². The Bertz CT molecular complexity index is 442. The van der Waals surface area contributed by atoms with E-state index in [9.17, 15) is 0 Å². The first-order chi connectivity index (χ1) is 12.7. The Balaban J connectivity index is 1.51. The highest BCUT2D eigenvalue weighted by molar-refractivity contribution is 9.09. The second kappa shape index (κ2) is 9.07. The molecule has 4 unspecified atom stereocenters. The smallest absolute Gasteiger partial charge is 0.0660 e. The molecule has 4 rings (SSSR count). The van der Waals surface area contributed by atoms with Gasteiger partial charge in [0.05, 0.1) is 18.5 Å². The Morgan fingerprint density at radius 3 is 1.73 bits per heavy atom. The second-order valence-corrected chi connectivity index (χ2v) is 10.5. The van der Waals surface area contributed by atoms with Gasteiger partial charge in [0.1, 0.15) is 0 Å². The van der Waals surface area contributed by atoms with Crippen molar-refractivity contribution in [3.63, 3.8) is 0 Å². The van der Waals surface area contributed by atoms with E-state index < -0.39 is 0 Å². The van der Waals surface area contributed by atoms with E-state index in [-0.39, 0.29) is 0 Å². The zero-order valence-electron chi connectivity index (χ0n) is 16.5. The van der Waals surface area contributed by atoms with Crippen molar-refractivity contribution in [1.29, 1.82) is 0 Å². The molecule has 0 aromatic heterocycles. The zero-order valence-corrected chi connectivity index (χ0v) is 18.1. The van der Waals surface area contributed by atoms with Gasteiger partial charge in [-0.05, 0) is 57.4 Å². The SMILES string of the molecule is CN1C(C2CCCCC2)NC(C2C=CC(Br)CC2)NC1C1CCCCC1. The predicted octanol–water partition coefficient (Wildman–Crippen LogP) is 4.98. The van der Waals surface area contributed by atoms with Crippen LogP contribution in [0.3, 0.4) is 0 Å². The number of nitrogens with one attached hydrogen (secondary N) is 2. The average molecular weight is 424 g/mol. The van der Waals surface area contributed by atoms with Gasteiger partial charge in [-0.3, -0.25) is 15.5 Å². The van der Waals surface area contributed by atoms with Crippen LogP contribution in [0.2, 0.25) is 0 Å². The van der Waals surface area contributed by atoms with Crippen molar-refractivity contribution in [2.45, 2.75) is 100 Å². The molecule has 1 saturated heterocycles. The number of hydrogen-bond donors (Lipinski definition) is 2. The molecule has 2 N–H and O–H groups in total. The lowest BCUT2D eigenvalue weighted by Gasteiger charge is -2.53. The quantitative estimate of drug-likeness (QED) is 0.494. The molecular weight excluding hydrogens is 386 g/mol. The van der Waals surface area contributed by atoms with Crippen LogP contribution in [-0.4, -0.2) is 35.3 Å². The fraction of sp³-hybridized carbons (Fsp3) is 0.909. The number of halogens is 1. The fourth-order valence-corrected chi connectivity index (χ4v) is 6.43. The number of hydrogen-bond acceptors (Lipinski definition) is 3. The Labute approximate surface area is 168 Å². The summed E-state index contributed by atoms with van der Waals surface area (Å²) >= 11 is 3.76. The molecule has 1 heterocycles. The third-order valence-electron chi connectivity index (χ3n) is 7.54. The van der Waals surface area contributed by atoms with Crippen LogP contribution >= 0.6 is 15.9 Å². The maximum Gasteiger partial charge on any atom is 0.0660 e. The van der Waals surface area contributed by atoms with E-state index in [4.69, 9.17) is 0 Å². The number of allylic oxidation sites excluding steroid dienone is 1. The van der Waals surface area contributed by atoms with Gasteiger partial charge in [0.25, 0.3) is 0 Å². The second-order valence-electron chi connectivity index (χ2n) is 9.30. The first kappa shape index (κ1) is 19.4. The van der Waals surface area contributed by atoms with E-state index in [0.29, 0.717) is 29.2 Å². The monoisotopic (exact) mass is 423 g/mol. The lowest BCUT2D eigenvalue weighted by atomic mass is 9.81. The summed E-state index contributed by atoms with van der Waals surface area (Å²) in [5, 5.41) is 8.15. The van der Waals surface area contributed by atoms with Crippen LogP contribution in [0.4, 0.5) is 0 Å². The molecule has 0 amide bonds. The summed E-state index contributed by atoms with van der Waals surface area (Å²) < 4.78 is 0. The summed E-state index contributed by atoms with van der Waals surface area (Å²) in [4.78, 5) is 3.27. The molecule has 2 saturated carbocycles. The van der Waals surface area contributed by atoms with Gasteiger partial charge in [0, 0.05) is 10.7 Å². The Hall–Kier alpha value is 0.1000. The van der Waals surface area contributed by atoms with Gasteiger partial charge in [-0.25, -0.2) is 0 Å². The average Bonchev–Trinajstić information content (AvgIpc) is 2.70. The van der Waals surface area contributed by atoms with Gasteiger partial charge in [-0.2, -0.15) is 0 Å². The molecule has 148 valence electrons. The molecule has 4 heteroatoms. The van der Waals surface area contributed by atoms with E-state index in [1.807, 2.05) is 0 Å². The molecule has 1 aliphatic heterocycles. The van der Waals surface area contributed by atoms with Crippen LogP contribution < -0.4 is 10.6 Å². The van der Waals surface area contributed by atoms with Crippen LogP contribution in [0.5, 0.6) is 0 Å².